The van der Waals surface area contributed by atoms with Gasteiger partial charge in [-0.25, -0.2) is 0 Å². The van der Waals surface area contributed by atoms with Crippen LogP contribution in [0.15, 0.2) is 0 Å². The van der Waals surface area contributed by atoms with Crippen molar-refractivity contribution in [1.29, 1.82) is 0 Å². The van der Waals surface area contributed by atoms with Gasteiger partial charge in [-0.15, -0.1) is 34.8 Å². The van der Waals surface area contributed by atoms with Gasteiger partial charge in [-0.2, -0.15) is 0 Å². The maximum atomic E-state index is 12.5. The van der Waals surface area contributed by atoms with E-state index in [1.165, 1.54) is 6.92 Å². The first kappa shape index (κ1) is 16.8. The maximum Gasteiger partial charge on any atom is 0.309 e. The molecule has 0 aromatic heterocycles. The van der Waals surface area contributed by atoms with Gasteiger partial charge in [0.2, 0.25) is 0 Å². The standard InChI is InChI=1S/C15H19Cl3O4/c1-6-7-4-5-13(2)9(17)8(16)10(19)14(3,21)15(13,18)11(7)22-12(6)20/h6-9,11,21H,4-5H2,1-3H3/t6-,7-,8-,9-,11-,13-,14+,15+/m0/s1. The van der Waals surface area contributed by atoms with Gasteiger partial charge in [0.05, 0.1) is 11.3 Å². The van der Waals surface area contributed by atoms with Gasteiger partial charge in [-0.3, -0.25) is 9.59 Å². The molecular formula is C15H19Cl3O4. The summed E-state index contributed by atoms with van der Waals surface area (Å²) in [4.78, 5) is 23.0. The zero-order chi connectivity index (χ0) is 16.7. The molecule has 0 amide bonds. The Labute approximate surface area is 144 Å². The smallest absolute Gasteiger partial charge is 0.309 e. The third-order valence-corrected chi connectivity index (χ3v) is 8.50. The van der Waals surface area contributed by atoms with Gasteiger partial charge in [-0.05, 0) is 19.8 Å². The predicted molar refractivity (Wildman–Crippen MR) is 83.4 cm³/mol. The summed E-state index contributed by atoms with van der Waals surface area (Å²) in [6.45, 7) is 4.97. The molecule has 0 aromatic carbocycles. The van der Waals surface area contributed by atoms with Gasteiger partial charge >= 0.3 is 5.97 Å². The molecule has 0 radical (unpaired) electrons. The Hall–Kier alpha value is -0.0300. The molecule has 4 nitrogen and oxygen atoms in total. The summed E-state index contributed by atoms with van der Waals surface area (Å²) in [6.07, 6.45) is 0.513. The molecule has 22 heavy (non-hydrogen) atoms. The second kappa shape index (κ2) is 4.75. The number of fused-ring (bicyclic) bond motifs is 3. The molecule has 0 aromatic rings. The molecule has 3 rings (SSSR count). The lowest BCUT2D eigenvalue weighted by Crippen LogP contribution is -2.78. The van der Waals surface area contributed by atoms with Gasteiger partial charge in [0.25, 0.3) is 0 Å². The molecule has 2 aliphatic carbocycles. The maximum absolute atomic E-state index is 12.5. The molecular weight excluding hydrogens is 351 g/mol. The molecule has 0 bridgehead atoms. The minimum absolute atomic E-state index is 0.131. The Morgan fingerprint density at radius 3 is 2.45 bits per heavy atom. The second-order valence-corrected chi connectivity index (χ2v) is 8.75. The summed E-state index contributed by atoms with van der Waals surface area (Å²) in [5, 5.41) is 9.19. The fraction of sp³-hybridized carbons (Fsp3) is 0.867. The SMILES string of the molecule is C[C@@H]1C(=O)O[C@H]2[C@H]1CC[C@@]1(C)[C@@H](Cl)[C@H](Cl)C(=O)[C@@](C)(O)[C@@]21Cl. The topological polar surface area (TPSA) is 63.6 Å². The van der Waals surface area contributed by atoms with Crippen LogP contribution in [0.1, 0.15) is 33.6 Å². The van der Waals surface area contributed by atoms with Crippen LogP contribution in [-0.4, -0.2) is 44.2 Å². The van der Waals surface area contributed by atoms with E-state index >= 15 is 0 Å². The van der Waals surface area contributed by atoms with E-state index in [9.17, 15) is 14.7 Å². The molecule has 0 spiro atoms. The molecule has 124 valence electrons. The third kappa shape index (κ3) is 1.65. The number of aliphatic hydroxyl groups is 1. The van der Waals surface area contributed by atoms with Crippen molar-refractivity contribution in [3.8, 4) is 0 Å². The molecule has 1 N–H and O–H groups in total. The Morgan fingerprint density at radius 2 is 1.86 bits per heavy atom. The van der Waals surface area contributed by atoms with E-state index in [2.05, 4.69) is 0 Å². The normalized spacial score (nSPS) is 58.0. The minimum atomic E-state index is -1.92. The van der Waals surface area contributed by atoms with E-state index in [1.807, 2.05) is 6.92 Å². The Kier molecular flexibility index (Phi) is 3.63. The van der Waals surface area contributed by atoms with Gasteiger partial charge in [0.1, 0.15) is 22.0 Å². The number of esters is 1. The number of carbonyl (C=O) groups is 2. The number of rotatable bonds is 0. The molecule has 2 saturated carbocycles. The average molecular weight is 370 g/mol. The first-order valence-corrected chi connectivity index (χ1v) is 8.69. The van der Waals surface area contributed by atoms with Gasteiger partial charge < -0.3 is 9.84 Å². The molecule has 0 unspecified atom stereocenters. The second-order valence-electron chi connectivity index (χ2n) is 7.22. The number of halogens is 3. The van der Waals surface area contributed by atoms with Crippen molar-refractivity contribution >= 4 is 46.6 Å². The summed E-state index contributed by atoms with van der Waals surface area (Å²) in [5.74, 6) is -1.40. The highest BCUT2D eigenvalue weighted by Crippen LogP contribution is 2.65. The van der Waals surface area contributed by atoms with E-state index in [4.69, 9.17) is 39.5 Å². The first-order valence-electron chi connectivity index (χ1n) is 7.44. The quantitative estimate of drug-likeness (QED) is 0.526. The van der Waals surface area contributed by atoms with E-state index in [0.717, 1.165) is 0 Å². The monoisotopic (exact) mass is 368 g/mol. The summed E-state index contributed by atoms with van der Waals surface area (Å²) >= 11 is 19.5. The minimum Gasteiger partial charge on any atom is -0.460 e. The molecule has 3 aliphatic rings. The van der Waals surface area contributed by atoms with E-state index in [-0.39, 0.29) is 17.8 Å². The average Bonchev–Trinajstić information content (AvgIpc) is 2.75. The number of ether oxygens (including phenoxy) is 1. The molecule has 1 heterocycles. The molecule has 3 fully saturated rings. The van der Waals surface area contributed by atoms with Crippen molar-refractivity contribution in [2.45, 2.75) is 60.9 Å². The number of Topliss-reactive ketones (excluding diaryl/α,β-unsaturated/α-hetero) is 1. The number of alkyl halides is 3. The van der Waals surface area contributed by atoms with Crippen LogP contribution in [0.25, 0.3) is 0 Å². The predicted octanol–water partition coefficient (Wildman–Crippen LogP) is 2.49. The third-order valence-electron chi connectivity index (χ3n) is 6.17. The number of hydrogen-bond donors (Lipinski definition) is 1. The van der Waals surface area contributed by atoms with Crippen LogP contribution in [0.3, 0.4) is 0 Å². The van der Waals surface area contributed by atoms with Crippen LogP contribution in [0.5, 0.6) is 0 Å². The lowest BCUT2D eigenvalue weighted by molar-refractivity contribution is -0.176. The molecule has 8 atom stereocenters. The summed E-state index contributed by atoms with van der Waals surface area (Å²) < 4.78 is 5.50. The highest BCUT2D eigenvalue weighted by Gasteiger charge is 2.77. The zero-order valence-corrected chi connectivity index (χ0v) is 14.9. The van der Waals surface area contributed by atoms with Crippen LogP contribution in [0.2, 0.25) is 0 Å². The number of carbonyl (C=O) groups excluding carboxylic acids is 2. The van der Waals surface area contributed by atoms with Gasteiger partial charge in [-0.1, -0.05) is 13.8 Å². The lowest BCUT2D eigenvalue weighted by Gasteiger charge is -2.62. The first-order chi connectivity index (χ1) is 10.00. The zero-order valence-electron chi connectivity index (χ0n) is 12.6. The van der Waals surface area contributed by atoms with Crippen molar-refractivity contribution < 1.29 is 19.4 Å². The van der Waals surface area contributed by atoms with Crippen molar-refractivity contribution in [1.82, 2.24) is 0 Å². The Bertz CT molecular complexity index is 551. The van der Waals surface area contributed by atoms with Crippen molar-refractivity contribution in [2.24, 2.45) is 17.3 Å². The van der Waals surface area contributed by atoms with Crippen LogP contribution in [0.4, 0.5) is 0 Å². The summed E-state index contributed by atoms with van der Waals surface area (Å²) in [6, 6.07) is 0. The largest absolute Gasteiger partial charge is 0.460 e. The van der Waals surface area contributed by atoms with Crippen molar-refractivity contribution in [3.63, 3.8) is 0 Å². The Morgan fingerprint density at radius 1 is 1.27 bits per heavy atom. The number of ketones is 1. The Balaban J connectivity index is 2.18. The van der Waals surface area contributed by atoms with Crippen LogP contribution in [0, 0.1) is 17.3 Å². The van der Waals surface area contributed by atoms with Gasteiger partial charge in [0, 0.05) is 11.3 Å². The van der Waals surface area contributed by atoms with Crippen LogP contribution in [-0.2, 0) is 14.3 Å². The van der Waals surface area contributed by atoms with Crippen LogP contribution < -0.4 is 0 Å². The fourth-order valence-corrected chi connectivity index (χ4v) is 6.04. The van der Waals surface area contributed by atoms with E-state index < -0.39 is 38.5 Å². The summed E-state index contributed by atoms with van der Waals surface area (Å²) in [7, 11) is 0. The molecule has 1 saturated heterocycles. The van der Waals surface area contributed by atoms with Crippen molar-refractivity contribution in [3.05, 3.63) is 0 Å². The van der Waals surface area contributed by atoms with Crippen LogP contribution >= 0.6 is 34.8 Å². The van der Waals surface area contributed by atoms with E-state index in [0.29, 0.717) is 12.8 Å². The van der Waals surface area contributed by atoms with E-state index in [1.54, 1.807) is 6.92 Å². The van der Waals surface area contributed by atoms with Crippen molar-refractivity contribution in [2.75, 3.05) is 0 Å². The van der Waals surface area contributed by atoms with Gasteiger partial charge in [0.15, 0.2) is 5.78 Å². The lowest BCUT2D eigenvalue weighted by atomic mass is 9.50. The number of hydrogen-bond acceptors (Lipinski definition) is 4. The highest BCUT2D eigenvalue weighted by molar-refractivity contribution is 6.42. The summed E-state index contributed by atoms with van der Waals surface area (Å²) in [5.41, 5.74) is -2.75. The highest BCUT2D eigenvalue weighted by atomic mass is 35.5. The molecule has 1 aliphatic heterocycles. The molecule has 7 heteroatoms. The fourth-order valence-electron chi connectivity index (χ4n) is 4.58.